The molecule has 134 valence electrons. The Hall–Kier alpha value is -1.66. The monoisotopic (exact) mass is 337 g/mol. The van der Waals surface area contributed by atoms with E-state index >= 15 is 0 Å². The number of benzene rings is 1. The van der Waals surface area contributed by atoms with Crippen molar-refractivity contribution in [2.75, 3.05) is 13.7 Å². The molecule has 1 aromatic rings. The van der Waals surface area contributed by atoms with E-state index in [1.165, 1.54) is 6.07 Å². The van der Waals surface area contributed by atoms with Crippen LogP contribution >= 0.6 is 0 Å². The Morgan fingerprint density at radius 3 is 2.75 bits per heavy atom. The fraction of sp³-hybridized carbons (Fsp3) is 0.611. The lowest BCUT2D eigenvalue weighted by Crippen LogP contribution is -2.45. The van der Waals surface area contributed by atoms with Gasteiger partial charge in [0, 0.05) is 25.3 Å². The van der Waals surface area contributed by atoms with Crippen LogP contribution in [-0.4, -0.2) is 36.9 Å². The third kappa shape index (κ3) is 5.76. The zero-order valence-corrected chi connectivity index (χ0v) is 14.5. The van der Waals surface area contributed by atoms with Crippen LogP contribution in [0.5, 0.6) is 0 Å². The first-order valence-corrected chi connectivity index (χ1v) is 8.61. The Kier molecular flexibility index (Phi) is 7.46. The third-order valence-corrected chi connectivity index (χ3v) is 4.21. The molecule has 1 aliphatic rings. The lowest BCUT2D eigenvalue weighted by Gasteiger charge is -2.27. The zero-order valence-electron chi connectivity index (χ0n) is 14.5. The van der Waals surface area contributed by atoms with Gasteiger partial charge in [0.15, 0.2) is 5.96 Å². The minimum Gasteiger partial charge on any atom is -0.393 e. The zero-order chi connectivity index (χ0) is 17.4. The number of nitrogens with one attached hydrogen (secondary N) is 2. The molecule has 1 fully saturated rings. The van der Waals surface area contributed by atoms with Crippen molar-refractivity contribution in [1.82, 2.24) is 10.6 Å². The molecule has 3 N–H and O–H groups in total. The highest BCUT2D eigenvalue weighted by Crippen LogP contribution is 2.18. The molecule has 0 spiro atoms. The molecule has 0 heterocycles. The van der Waals surface area contributed by atoms with Gasteiger partial charge in [0.2, 0.25) is 0 Å². The number of aliphatic imine (C=N–C) groups is 1. The number of guanidine groups is 1. The SMILES string of the molecule is CCNC(=NCc1ccc(F)c(COC)c1)NC1CCC(O)CC1. The van der Waals surface area contributed by atoms with Gasteiger partial charge >= 0.3 is 0 Å². The average molecular weight is 337 g/mol. The second-order valence-electron chi connectivity index (χ2n) is 6.20. The molecule has 0 radical (unpaired) electrons. The minimum absolute atomic E-state index is 0.166. The first kappa shape index (κ1) is 18.7. The first-order valence-electron chi connectivity index (χ1n) is 8.61. The molecule has 0 bridgehead atoms. The lowest BCUT2D eigenvalue weighted by atomic mass is 9.93. The number of hydrogen-bond acceptors (Lipinski definition) is 3. The molecule has 1 saturated carbocycles. The number of nitrogens with zero attached hydrogens (tertiary/aromatic N) is 1. The molecule has 2 rings (SSSR count). The summed E-state index contributed by atoms with van der Waals surface area (Å²) in [4.78, 5) is 4.60. The molecule has 0 aliphatic heterocycles. The summed E-state index contributed by atoms with van der Waals surface area (Å²) >= 11 is 0. The summed E-state index contributed by atoms with van der Waals surface area (Å²) in [7, 11) is 1.55. The molecule has 0 saturated heterocycles. The van der Waals surface area contributed by atoms with Gasteiger partial charge in [0.05, 0.1) is 19.3 Å². The number of hydrogen-bond donors (Lipinski definition) is 3. The van der Waals surface area contributed by atoms with Crippen molar-refractivity contribution in [1.29, 1.82) is 0 Å². The van der Waals surface area contributed by atoms with Crippen molar-refractivity contribution >= 4 is 5.96 Å². The van der Waals surface area contributed by atoms with Crippen LogP contribution in [0.25, 0.3) is 0 Å². The van der Waals surface area contributed by atoms with Crippen LogP contribution in [0.1, 0.15) is 43.7 Å². The average Bonchev–Trinajstić information content (AvgIpc) is 2.58. The standard InChI is InChI=1S/C18H28FN3O2/c1-3-20-18(22-15-5-7-16(23)8-6-15)21-11-13-4-9-17(19)14(10-13)12-24-2/h4,9-10,15-16,23H,3,5-8,11-12H2,1-2H3,(H2,20,21,22). The Morgan fingerprint density at radius 1 is 1.33 bits per heavy atom. The summed E-state index contributed by atoms with van der Waals surface area (Å²) in [5, 5.41) is 16.3. The van der Waals surface area contributed by atoms with E-state index in [0.29, 0.717) is 18.2 Å². The maximum absolute atomic E-state index is 13.7. The van der Waals surface area contributed by atoms with E-state index in [1.807, 2.05) is 6.92 Å². The van der Waals surface area contributed by atoms with Crippen LogP contribution in [0.15, 0.2) is 23.2 Å². The van der Waals surface area contributed by atoms with Gasteiger partial charge in [-0.2, -0.15) is 0 Å². The Balaban J connectivity index is 1.98. The lowest BCUT2D eigenvalue weighted by molar-refractivity contribution is 0.120. The number of ether oxygens (including phenoxy) is 1. The Labute approximate surface area is 143 Å². The van der Waals surface area contributed by atoms with Gasteiger partial charge in [-0.1, -0.05) is 6.07 Å². The van der Waals surface area contributed by atoms with Crippen LogP contribution in [0.3, 0.4) is 0 Å². The summed E-state index contributed by atoms with van der Waals surface area (Å²) in [6.07, 6.45) is 3.38. The molecule has 6 heteroatoms. The van der Waals surface area contributed by atoms with Gasteiger partial charge in [-0.25, -0.2) is 9.38 Å². The van der Waals surface area contributed by atoms with Crippen molar-refractivity contribution in [2.45, 2.75) is 57.9 Å². The van der Waals surface area contributed by atoms with Crippen molar-refractivity contribution < 1.29 is 14.2 Å². The predicted molar refractivity (Wildman–Crippen MR) is 93.3 cm³/mol. The molecule has 0 amide bonds. The van der Waals surface area contributed by atoms with E-state index in [9.17, 15) is 9.50 Å². The smallest absolute Gasteiger partial charge is 0.191 e. The highest BCUT2D eigenvalue weighted by Gasteiger charge is 2.19. The second kappa shape index (κ2) is 9.59. The quantitative estimate of drug-likeness (QED) is 0.551. The molecular formula is C18H28FN3O2. The van der Waals surface area contributed by atoms with Crippen LogP contribution in [0, 0.1) is 5.82 Å². The number of aliphatic hydroxyl groups is 1. The Morgan fingerprint density at radius 2 is 2.08 bits per heavy atom. The highest BCUT2D eigenvalue weighted by atomic mass is 19.1. The minimum atomic E-state index is -0.254. The van der Waals surface area contributed by atoms with Crippen LogP contribution in [0.4, 0.5) is 4.39 Å². The summed E-state index contributed by atoms with van der Waals surface area (Å²) < 4.78 is 18.7. The topological polar surface area (TPSA) is 65.9 Å². The third-order valence-electron chi connectivity index (χ3n) is 4.21. The van der Waals surface area contributed by atoms with E-state index in [1.54, 1.807) is 19.2 Å². The maximum atomic E-state index is 13.7. The van der Waals surface area contributed by atoms with Crippen LogP contribution < -0.4 is 10.6 Å². The number of methoxy groups -OCH3 is 1. The van der Waals surface area contributed by atoms with E-state index in [0.717, 1.165) is 43.8 Å². The molecular weight excluding hydrogens is 309 g/mol. The van der Waals surface area contributed by atoms with Crippen molar-refractivity contribution in [3.63, 3.8) is 0 Å². The summed E-state index contributed by atoms with van der Waals surface area (Å²) in [5.74, 6) is 0.506. The van der Waals surface area contributed by atoms with Crippen molar-refractivity contribution in [3.8, 4) is 0 Å². The summed E-state index contributed by atoms with van der Waals surface area (Å²) in [5.41, 5.74) is 1.49. The van der Waals surface area contributed by atoms with Gasteiger partial charge in [0.1, 0.15) is 5.82 Å². The number of rotatable bonds is 6. The molecule has 0 aromatic heterocycles. The van der Waals surface area contributed by atoms with Gasteiger partial charge in [-0.3, -0.25) is 0 Å². The number of aliphatic hydroxyl groups excluding tert-OH is 1. The van der Waals surface area contributed by atoms with E-state index in [2.05, 4.69) is 15.6 Å². The predicted octanol–water partition coefficient (Wildman–Crippen LogP) is 2.33. The van der Waals surface area contributed by atoms with Crippen molar-refractivity contribution in [3.05, 3.63) is 35.1 Å². The molecule has 1 aromatic carbocycles. The van der Waals surface area contributed by atoms with E-state index in [-0.39, 0.29) is 18.5 Å². The molecule has 24 heavy (non-hydrogen) atoms. The molecule has 0 atom stereocenters. The van der Waals surface area contributed by atoms with Crippen molar-refractivity contribution in [2.24, 2.45) is 4.99 Å². The normalized spacial score (nSPS) is 21.6. The summed E-state index contributed by atoms with van der Waals surface area (Å²) in [6, 6.07) is 5.34. The van der Waals surface area contributed by atoms with Gasteiger partial charge in [-0.15, -0.1) is 0 Å². The largest absolute Gasteiger partial charge is 0.393 e. The molecule has 5 nitrogen and oxygen atoms in total. The molecule has 0 unspecified atom stereocenters. The molecule has 1 aliphatic carbocycles. The highest BCUT2D eigenvalue weighted by molar-refractivity contribution is 5.80. The van der Waals surface area contributed by atoms with E-state index in [4.69, 9.17) is 4.74 Å². The maximum Gasteiger partial charge on any atom is 0.191 e. The fourth-order valence-corrected chi connectivity index (χ4v) is 2.90. The van der Waals surface area contributed by atoms with E-state index < -0.39 is 0 Å². The fourth-order valence-electron chi connectivity index (χ4n) is 2.90. The van der Waals surface area contributed by atoms with Crippen LogP contribution in [0.2, 0.25) is 0 Å². The van der Waals surface area contributed by atoms with Gasteiger partial charge in [0.25, 0.3) is 0 Å². The second-order valence-corrected chi connectivity index (χ2v) is 6.20. The van der Waals surface area contributed by atoms with Crippen LogP contribution in [-0.2, 0) is 17.9 Å². The van der Waals surface area contributed by atoms with Gasteiger partial charge in [-0.05, 0) is 50.3 Å². The summed E-state index contributed by atoms with van der Waals surface area (Å²) in [6.45, 7) is 3.53. The Bertz CT molecular complexity index is 543. The number of halogens is 1. The van der Waals surface area contributed by atoms with Gasteiger partial charge < -0.3 is 20.5 Å². The first-order chi connectivity index (χ1) is 11.6.